The Morgan fingerprint density at radius 2 is 2.00 bits per heavy atom. The number of allylic oxidation sites excluding steroid dienone is 3. The quantitative estimate of drug-likeness (QED) is 0.415. The third-order valence-corrected chi connectivity index (χ3v) is 2.45. The highest BCUT2D eigenvalue weighted by Crippen LogP contribution is 2.12. The molecule has 0 spiro atoms. The van der Waals surface area contributed by atoms with Crippen LogP contribution in [0.15, 0.2) is 23.6 Å². The Morgan fingerprint density at radius 3 is 2.67 bits per heavy atom. The summed E-state index contributed by atoms with van der Waals surface area (Å²) in [5, 5.41) is 0. The van der Waals surface area contributed by atoms with Gasteiger partial charge in [-0.15, -0.1) is 11.4 Å². The molecule has 0 unspecified atom stereocenters. The van der Waals surface area contributed by atoms with Crippen molar-refractivity contribution in [1.29, 1.82) is 0 Å². The lowest BCUT2D eigenvalue weighted by molar-refractivity contribution is 0.635. The molecular weight excluding hydrogens is 143 g/mol. The summed E-state index contributed by atoms with van der Waals surface area (Å²) >= 11 is 0. The van der Waals surface area contributed by atoms with Crippen LogP contribution < -0.4 is 0 Å². The lowest BCUT2D eigenvalue weighted by Gasteiger charge is -2.00. The third-order valence-electron chi connectivity index (χ3n) is 2.45. The topological polar surface area (TPSA) is 0 Å². The van der Waals surface area contributed by atoms with Gasteiger partial charge in [0.2, 0.25) is 0 Å². The molecule has 0 nitrogen and oxygen atoms in total. The predicted molar refractivity (Wildman–Crippen MR) is 57.7 cm³/mol. The molecule has 0 N–H and O–H groups in total. The van der Waals surface area contributed by atoms with E-state index in [-0.39, 0.29) is 0 Å². The van der Waals surface area contributed by atoms with E-state index < -0.39 is 0 Å². The van der Waals surface area contributed by atoms with Crippen LogP contribution in [-0.2, 0) is 0 Å². The van der Waals surface area contributed by atoms with Gasteiger partial charge in [0.1, 0.15) is 0 Å². The smallest absolute Gasteiger partial charge is 0.114 e. The second-order valence-corrected chi connectivity index (χ2v) is 3.62. The van der Waals surface area contributed by atoms with Crippen LogP contribution in [0.25, 0.3) is 0 Å². The molecule has 0 aromatic heterocycles. The normalized spacial score (nSPS) is 14.6. The van der Waals surface area contributed by atoms with Crippen molar-refractivity contribution in [3.05, 3.63) is 23.6 Å². The molecule has 1 aliphatic heterocycles. The molecule has 0 aromatic rings. The van der Waals surface area contributed by atoms with E-state index in [1.54, 1.807) is 5.47 Å². The number of hydrogen-bond acceptors (Lipinski definition) is 0. The minimum atomic E-state index is 1.22. The number of rotatable bonds is 6. The number of hydrogen-bond donors (Lipinski definition) is 0. The van der Waals surface area contributed by atoms with Crippen molar-refractivity contribution in [2.24, 2.45) is 0 Å². The molecule has 0 amide bonds. The lowest BCUT2D eigenvalue weighted by atomic mass is 9.71. The summed E-state index contributed by atoms with van der Waals surface area (Å²) in [5.74, 6) is 2.25. The fraction of sp³-hybridized carbons (Fsp3) is 0.636. The Morgan fingerprint density at radius 1 is 1.17 bits per heavy atom. The highest BCUT2D eigenvalue weighted by molar-refractivity contribution is 6.52. The van der Waals surface area contributed by atoms with E-state index in [0.29, 0.717) is 0 Å². The van der Waals surface area contributed by atoms with Crippen molar-refractivity contribution >= 4 is 7.28 Å². The second-order valence-electron chi connectivity index (χ2n) is 3.62. The van der Waals surface area contributed by atoms with Gasteiger partial charge in [0, 0.05) is 0 Å². The van der Waals surface area contributed by atoms with Crippen molar-refractivity contribution in [2.75, 3.05) is 0 Å². The number of unbranched alkanes of at least 4 members (excludes halogenated alkanes) is 4. The van der Waals surface area contributed by atoms with Crippen molar-refractivity contribution in [2.45, 2.75) is 45.4 Å². The first-order chi connectivity index (χ1) is 5.93. The van der Waals surface area contributed by atoms with Crippen molar-refractivity contribution in [3.8, 4) is 0 Å². The maximum Gasteiger partial charge on any atom is 0.177 e. The summed E-state index contributed by atoms with van der Waals surface area (Å²) < 4.78 is 0. The zero-order valence-corrected chi connectivity index (χ0v) is 8.18. The van der Waals surface area contributed by atoms with Gasteiger partial charge in [-0.05, 0) is 6.42 Å². The highest BCUT2D eigenvalue weighted by atomic mass is 14.0. The van der Waals surface area contributed by atoms with E-state index in [1.807, 2.05) is 0 Å². The van der Waals surface area contributed by atoms with Crippen LogP contribution in [0.1, 0.15) is 45.4 Å². The molecule has 0 saturated carbocycles. The molecule has 0 bridgehead atoms. The molecule has 66 valence electrons. The minimum Gasteiger partial charge on any atom is -0.114 e. The molecule has 1 heteroatoms. The average molecular weight is 162 g/mol. The van der Waals surface area contributed by atoms with Gasteiger partial charge in [-0.1, -0.05) is 51.2 Å². The van der Waals surface area contributed by atoms with E-state index in [4.69, 9.17) is 0 Å². The van der Waals surface area contributed by atoms with Gasteiger partial charge >= 0.3 is 0 Å². The van der Waals surface area contributed by atoms with Gasteiger partial charge in [-0.25, -0.2) is 0 Å². The molecule has 0 radical (unpaired) electrons. The first kappa shape index (κ1) is 9.63. The average Bonchev–Trinajstić information content (AvgIpc) is 2.57. The van der Waals surface area contributed by atoms with Gasteiger partial charge in [0.25, 0.3) is 0 Å². The van der Waals surface area contributed by atoms with Gasteiger partial charge in [0.15, 0.2) is 7.28 Å². The van der Waals surface area contributed by atoms with Crippen LogP contribution in [0.2, 0.25) is 0 Å². The fourth-order valence-corrected chi connectivity index (χ4v) is 1.63. The largest absolute Gasteiger partial charge is 0.177 e. The fourth-order valence-electron chi connectivity index (χ4n) is 1.63. The van der Waals surface area contributed by atoms with E-state index in [2.05, 4.69) is 25.1 Å². The van der Waals surface area contributed by atoms with E-state index in [1.165, 1.54) is 45.8 Å². The maximum atomic E-state index is 2.28. The molecular formula is C11H19B. The minimum absolute atomic E-state index is 1.22. The standard InChI is InChI=1S/C11H19B/c1-2-3-4-5-6-8-11-9-7-10-12-11/h7,9-10,12H,2-6,8H2,1H3. The predicted octanol–water partition coefficient (Wildman–Crippen LogP) is 3.19. The van der Waals surface area contributed by atoms with Crippen LogP contribution in [0, 0.1) is 0 Å². The molecule has 0 fully saturated rings. The Hall–Kier alpha value is -0.455. The first-order valence-electron chi connectivity index (χ1n) is 5.28. The molecule has 12 heavy (non-hydrogen) atoms. The Labute approximate surface area is 77.0 Å². The first-order valence-corrected chi connectivity index (χ1v) is 5.28. The lowest BCUT2D eigenvalue weighted by Crippen LogP contribution is -1.89. The third kappa shape index (κ3) is 3.80. The van der Waals surface area contributed by atoms with Gasteiger partial charge in [-0.2, -0.15) is 0 Å². The SMILES string of the molecule is CCCCCCCC1=CC=CB1. The zero-order valence-electron chi connectivity index (χ0n) is 8.18. The van der Waals surface area contributed by atoms with Crippen molar-refractivity contribution in [3.63, 3.8) is 0 Å². The van der Waals surface area contributed by atoms with E-state index >= 15 is 0 Å². The van der Waals surface area contributed by atoms with E-state index in [9.17, 15) is 0 Å². The summed E-state index contributed by atoms with van der Waals surface area (Å²) in [6.45, 7) is 2.27. The molecule has 0 aromatic carbocycles. The summed E-state index contributed by atoms with van der Waals surface area (Å²) in [4.78, 5) is 0. The second kappa shape index (κ2) is 6.10. The van der Waals surface area contributed by atoms with Crippen LogP contribution in [0.4, 0.5) is 0 Å². The molecule has 0 aliphatic carbocycles. The van der Waals surface area contributed by atoms with E-state index in [0.717, 1.165) is 0 Å². The maximum absolute atomic E-state index is 2.28. The molecule has 1 rings (SSSR count). The summed E-state index contributed by atoms with van der Waals surface area (Å²) in [6, 6.07) is 0. The van der Waals surface area contributed by atoms with Crippen LogP contribution >= 0.6 is 0 Å². The van der Waals surface area contributed by atoms with Gasteiger partial charge in [0.05, 0.1) is 0 Å². The van der Waals surface area contributed by atoms with Gasteiger partial charge in [-0.3, -0.25) is 0 Å². The Bertz CT molecular complexity index is 168. The monoisotopic (exact) mass is 162 g/mol. The van der Waals surface area contributed by atoms with Crippen molar-refractivity contribution in [1.82, 2.24) is 0 Å². The Balaban J connectivity index is 1.89. The summed E-state index contributed by atoms with van der Waals surface area (Å²) in [6.07, 6.45) is 12.8. The van der Waals surface area contributed by atoms with Crippen LogP contribution in [0.3, 0.4) is 0 Å². The zero-order chi connectivity index (χ0) is 8.65. The highest BCUT2D eigenvalue weighted by Gasteiger charge is 1.99. The van der Waals surface area contributed by atoms with Crippen molar-refractivity contribution < 1.29 is 0 Å². The molecule has 1 aliphatic rings. The molecule has 0 atom stereocenters. The summed E-state index contributed by atoms with van der Waals surface area (Å²) in [5.41, 5.74) is 1.63. The summed E-state index contributed by atoms with van der Waals surface area (Å²) in [7, 11) is 1.22. The molecule has 0 saturated heterocycles. The van der Waals surface area contributed by atoms with Crippen LogP contribution in [-0.4, -0.2) is 7.28 Å². The van der Waals surface area contributed by atoms with Crippen LogP contribution in [0.5, 0.6) is 0 Å². The Kier molecular flexibility index (Phi) is 4.90. The van der Waals surface area contributed by atoms with Gasteiger partial charge < -0.3 is 0 Å². The molecule has 1 heterocycles.